The lowest BCUT2D eigenvalue weighted by atomic mass is 10.2. The number of aryl methyl sites for hydroxylation is 1. The number of para-hydroxylation sites is 1. The molecule has 1 N–H and O–H groups in total. The Labute approximate surface area is 145 Å². The Morgan fingerprint density at radius 2 is 1.88 bits per heavy atom. The number of halogens is 1. The van der Waals surface area contributed by atoms with Gasteiger partial charge in [-0.15, -0.1) is 0 Å². The molecule has 0 aromatic heterocycles. The summed E-state index contributed by atoms with van der Waals surface area (Å²) in [7, 11) is 0. The molecule has 2 aromatic carbocycles. The molecule has 0 bridgehead atoms. The molecule has 0 atom stereocenters. The van der Waals surface area contributed by atoms with E-state index in [1.54, 1.807) is 30.3 Å². The number of amides is 1. The molecule has 0 heterocycles. The number of carbonyl (C=O) groups is 2. The van der Waals surface area contributed by atoms with E-state index >= 15 is 0 Å². The Kier molecular flexibility index (Phi) is 6.63. The Balaban J connectivity index is 1.69. The molecule has 1 amide bonds. The number of anilines is 1. The predicted octanol–water partition coefficient (Wildman–Crippen LogP) is 3.60. The van der Waals surface area contributed by atoms with E-state index in [2.05, 4.69) is 5.32 Å². The van der Waals surface area contributed by atoms with Crippen LogP contribution in [0.15, 0.2) is 48.5 Å². The van der Waals surface area contributed by atoms with E-state index in [9.17, 15) is 9.59 Å². The van der Waals surface area contributed by atoms with Crippen LogP contribution in [0, 0.1) is 6.92 Å². The van der Waals surface area contributed by atoms with Gasteiger partial charge in [0.15, 0.2) is 6.61 Å². The highest BCUT2D eigenvalue weighted by atomic mass is 35.5. The number of benzene rings is 2. The molecule has 0 unspecified atom stereocenters. The SMILES string of the molecule is Cc1ccc(Cl)cc1NC(=O)COC(=O)CCOc1ccccc1. The largest absolute Gasteiger partial charge is 0.493 e. The van der Waals surface area contributed by atoms with Gasteiger partial charge in [-0.3, -0.25) is 9.59 Å². The van der Waals surface area contributed by atoms with Crippen molar-refractivity contribution in [2.75, 3.05) is 18.5 Å². The highest BCUT2D eigenvalue weighted by Gasteiger charge is 2.09. The molecule has 0 saturated carbocycles. The lowest BCUT2D eigenvalue weighted by Gasteiger charge is -2.09. The molecule has 0 aliphatic carbocycles. The summed E-state index contributed by atoms with van der Waals surface area (Å²) in [5, 5.41) is 3.18. The Morgan fingerprint density at radius 3 is 2.62 bits per heavy atom. The van der Waals surface area contributed by atoms with Crippen molar-refractivity contribution < 1.29 is 19.1 Å². The number of nitrogens with one attached hydrogen (secondary N) is 1. The monoisotopic (exact) mass is 347 g/mol. The van der Waals surface area contributed by atoms with Crippen LogP contribution in [0.3, 0.4) is 0 Å². The molecule has 0 saturated heterocycles. The van der Waals surface area contributed by atoms with E-state index in [1.165, 1.54) is 0 Å². The molecule has 5 nitrogen and oxygen atoms in total. The van der Waals surface area contributed by atoms with Gasteiger partial charge in [0.2, 0.25) is 0 Å². The van der Waals surface area contributed by atoms with Gasteiger partial charge in [-0.25, -0.2) is 0 Å². The van der Waals surface area contributed by atoms with E-state index in [-0.39, 0.29) is 19.6 Å². The molecule has 0 spiro atoms. The van der Waals surface area contributed by atoms with Crippen LogP contribution in [0.25, 0.3) is 0 Å². The van der Waals surface area contributed by atoms with Crippen LogP contribution in [0.5, 0.6) is 5.75 Å². The summed E-state index contributed by atoms with van der Waals surface area (Å²) in [6, 6.07) is 14.3. The molecule has 0 aliphatic heterocycles. The first kappa shape index (κ1) is 17.8. The van der Waals surface area contributed by atoms with Crippen molar-refractivity contribution in [3.05, 3.63) is 59.1 Å². The van der Waals surface area contributed by atoms with Gasteiger partial charge in [0.1, 0.15) is 5.75 Å². The summed E-state index contributed by atoms with van der Waals surface area (Å²) in [5.41, 5.74) is 1.46. The fourth-order valence-electron chi connectivity index (χ4n) is 1.90. The average molecular weight is 348 g/mol. The van der Waals surface area contributed by atoms with Crippen molar-refractivity contribution in [2.24, 2.45) is 0 Å². The summed E-state index contributed by atoms with van der Waals surface area (Å²) >= 11 is 5.88. The quantitative estimate of drug-likeness (QED) is 0.777. The minimum Gasteiger partial charge on any atom is -0.493 e. The zero-order chi connectivity index (χ0) is 17.4. The van der Waals surface area contributed by atoms with Crippen molar-refractivity contribution in [1.82, 2.24) is 0 Å². The van der Waals surface area contributed by atoms with E-state index in [4.69, 9.17) is 21.1 Å². The van der Waals surface area contributed by atoms with Gasteiger partial charge >= 0.3 is 5.97 Å². The molecule has 6 heteroatoms. The van der Waals surface area contributed by atoms with E-state index in [1.807, 2.05) is 25.1 Å². The zero-order valence-electron chi connectivity index (χ0n) is 13.3. The smallest absolute Gasteiger partial charge is 0.309 e. The van der Waals surface area contributed by atoms with Crippen LogP contribution in [0.4, 0.5) is 5.69 Å². The lowest BCUT2D eigenvalue weighted by molar-refractivity contribution is -0.147. The van der Waals surface area contributed by atoms with Gasteiger partial charge in [0.25, 0.3) is 5.91 Å². The maximum atomic E-state index is 11.8. The number of esters is 1. The van der Waals surface area contributed by atoms with Crippen LogP contribution >= 0.6 is 11.6 Å². The van der Waals surface area contributed by atoms with Crippen molar-refractivity contribution in [3.63, 3.8) is 0 Å². The fraction of sp³-hybridized carbons (Fsp3) is 0.222. The summed E-state index contributed by atoms with van der Waals surface area (Å²) in [5.74, 6) is -0.235. The van der Waals surface area contributed by atoms with Gasteiger partial charge in [-0.05, 0) is 36.8 Å². The number of rotatable bonds is 7. The second kappa shape index (κ2) is 8.93. The van der Waals surface area contributed by atoms with Crippen molar-refractivity contribution >= 4 is 29.2 Å². The van der Waals surface area contributed by atoms with Gasteiger partial charge in [0.05, 0.1) is 13.0 Å². The van der Waals surface area contributed by atoms with E-state index in [0.717, 1.165) is 5.56 Å². The van der Waals surface area contributed by atoms with Crippen molar-refractivity contribution in [2.45, 2.75) is 13.3 Å². The third-order valence-electron chi connectivity index (χ3n) is 3.16. The fourth-order valence-corrected chi connectivity index (χ4v) is 2.07. The molecule has 2 aromatic rings. The average Bonchev–Trinajstić information content (AvgIpc) is 2.57. The minimum absolute atomic E-state index is 0.0678. The third kappa shape index (κ3) is 5.93. The molecule has 0 radical (unpaired) electrons. The molecule has 126 valence electrons. The maximum Gasteiger partial charge on any atom is 0.309 e. The maximum absolute atomic E-state index is 11.8. The summed E-state index contributed by atoms with van der Waals surface area (Å²) in [6.07, 6.45) is 0.0678. The molecular weight excluding hydrogens is 330 g/mol. The van der Waals surface area contributed by atoms with Gasteiger partial charge in [-0.2, -0.15) is 0 Å². The zero-order valence-corrected chi connectivity index (χ0v) is 14.0. The highest BCUT2D eigenvalue weighted by molar-refractivity contribution is 6.31. The van der Waals surface area contributed by atoms with Crippen molar-refractivity contribution in [3.8, 4) is 5.75 Å². The molecule has 24 heavy (non-hydrogen) atoms. The summed E-state index contributed by atoms with van der Waals surface area (Å²) < 4.78 is 10.3. The second-order valence-electron chi connectivity index (χ2n) is 5.08. The van der Waals surface area contributed by atoms with Crippen molar-refractivity contribution in [1.29, 1.82) is 0 Å². The van der Waals surface area contributed by atoms with Crippen LogP contribution in [0.1, 0.15) is 12.0 Å². The highest BCUT2D eigenvalue weighted by Crippen LogP contribution is 2.20. The number of hydrogen-bond donors (Lipinski definition) is 1. The first-order valence-electron chi connectivity index (χ1n) is 7.44. The van der Waals surface area contributed by atoms with Gasteiger partial charge in [-0.1, -0.05) is 35.9 Å². The minimum atomic E-state index is -0.496. The number of ether oxygens (including phenoxy) is 2. The molecule has 0 fully saturated rings. The third-order valence-corrected chi connectivity index (χ3v) is 3.39. The molecule has 2 rings (SSSR count). The van der Waals surface area contributed by atoms with Crippen LogP contribution in [-0.4, -0.2) is 25.1 Å². The Morgan fingerprint density at radius 1 is 1.12 bits per heavy atom. The Bertz CT molecular complexity index is 703. The van der Waals surface area contributed by atoms with Gasteiger partial charge < -0.3 is 14.8 Å². The van der Waals surface area contributed by atoms with E-state index < -0.39 is 11.9 Å². The standard InChI is InChI=1S/C18H18ClNO4/c1-13-7-8-14(19)11-16(13)20-17(21)12-24-18(22)9-10-23-15-5-3-2-4-6-15/h2-8,11H,9-10,12H2,1H3,(H,20,21). The molecule has 0 aliphatic rings. The van der Waals surface area contributed by atoms with Crippen LogP contribution < -0.4 is 10.1 Å². The Hall–Kier alpha value is -2.53. The topological polar surface area (TPSA) is 64.6 Å². The number of hydrogen-bond acceptors (Lipinski definition) is 4. The van der Waals surface area contributed by atoms with Gasteiger partial charge in [0, 0.05) is 10.7 Å². The first-order chi connectivity index (χ1) is 11.5. The van der Waals surface area contributed by atoms with E-state index in [0.29, 0.717) is 16.5 Å². The summed E-state index contributed by atoms with van der Waals surface area (Å²) in [4.78, 5) is 23.4. The first-order valence-corrected chi connectivity index (χ1v) is 7.82. The second-order valence-corrected chi connectivity index (χ2v) is 5.52. The number of carbonyl (C=O) groups excluding carboxylic acids is 2. The predicted molar refractivity (Wildman–Crippen MR) is 92.3 cm³/mol. The summed E-state index contributed by atoms with van der Waals surface area (Å²) in [6.45, 7) is 1.69. The lowest BCUT2D eigenvalue weighted by Crippen LogP contribution is -2.22. The van der Waals surface area contributed by atoms with Crippen LogP contribution in [-0.2, 0) is 14.3 Å². The molecular formula is C18H18ClNO4. The van der Waals surface area contributed by atoms with Crippen LogP contribution in [0.2, 0.25) is 5.02 Å². The normalized spacial score (nSPS) is 10.1.